The van der Waals surface area contributed by atoms with Gasteiger partial charge in [0.2, 0.25) is 0 Å². The molecule has 1 heterocycles. The Morgan fingerprint density at radius 3 is 3.00 bits per heavy atom. The number of nitriles is 1. The van der Waals surface area contributed by atoms with E-state index in [1.165, 1.54) is 12.1 Å². The average Bonchev–Trinajstić information content (AvgIpc) is 2.73. The zero-order chi connectivity index (χ0) is 14.0. The van der Waals surface area contributed by atoms with Crippen LogP contribution in [0, 0.1) is 17.1 Å². The number of rotatable bonds is 2. The quantitative estimate of drug-likeness (QED) is 0.887. The normalized spacial score (nSPS) is 10.2. The first kappa shape index (κ1) is 13.8. The van der Waals surface area contributed by atoms with E-state index in [9.17, 15) is 14.4 Å². The molecule has 0 saturated heterocycles. The number of carbonyl (C=O) groups is 1. The number of ether oxygens (including phenoxy) is 1. The highest BCUT2D eigenvalue weighted by Crippen LogP contribution is 2.40. The average molecular weight is 343 g/mol. The molecule has 98 valence electrons. The lowest BCUT2D eigenvalue weighted by Crippen LogP contribution is -2.12. The summed E-state index contributed by atoms with van der Waals surface area (Å²) >= 11 is 4.28. The monoisotopic (exact) mass is 342 g/mol. The van der Waals surface area contributed by atoms with Gasteiger partial charge in [-0.15, -0.1) is 11.3 Å². The molecule has 1 N–H and O–H groups in total. The third kappa shape index (κ3) is 2.55. The highest BCUT2D eigenvalue weighted by Gasteiger charge is 2.19. The molecular formula is C12H8BrFN2O2S. The maximum Gasteiger partial charge on any atom is 0.412 e. The van der Waals surface area contributed by atoms with Gasteiger partial charge in [-0.3, -0.25) is 5.32 Å². The summed E-state index contributed by atoms with van der Waals surface area (Å²) < 4.78 is 19.4. The van der Waals surface area contributed by atoms with Crippen molar-refractivity contribution in [3.8, 4) is 6.07 Å². The molecule has 0 atom stereocenters. The summed E-state index contributed by atoms with van der Waals surface area (Å²) in [5, 5.41) is 12.4. The number of anilines is 1. The molecule has 0 unspecified atom stereocenters. The SMILES string of the molecule is CCOC(=O)Nc1sc2c(F)ccc(Br)c2c1C#N. The van der Waals surface area contributed by atoms with Gasteiger partial charge >= 0.3 is 6.09 Å². The molecule has 0 aliphatic heterocycles. The zero-order valence-electron chi connectivity index (χ0n) is 9.79. The molecule has 2 aromatic rings. The van der Waals surface area contributed by atoms with Gasteiger partial charge in [0.1, 0.15) is 16.9 Å². The summed E-state index contributed by atoms with van der Waals surface area (Å²) in [6.07, 6.45) is -0.665. The first-order chi connectivity index (χ1) is 9.08. The van der Waals surface area contributed by atoms with Crippen LogP contribution in [-0.4, -0.2) is 12.7 Å². The van der Waals surface area contributed by atoms with Crippen molar-refractivity contribution in [2.24, 2.45) is 0 Å². The van der Waals surface area contributed by atoms with Gasteiger partial charge in [-0.1, -0.05) is 15.9 Å². The lowest BCUT2D eigenvalue weighted by molar-refractivity contribution is 0.168. The summed E-state index contributed by atoms with van der Waals surface area (Å²) in [5.41, 5.74) is 0.222. The minimum Gasteiger partial charge on any atom is -0.450 e. The van der Waals surface area contributed by atoms with Crippen LogP contribution in [0.15, 0.2) is 16.6 Å². The Balaban J connectivity index is 2.57. The number of carbonyl (C=O) groups excluding carboxylic acids is 1. The Morgan fingerprint density at radius 2 is 2.37 bits per heavy atom. The predicted octanol–water partition coefficient (Wildman–Crippen LogP) is 4.24. The van der Waals surface area contributed by atoms with Crippen LogP contribution in [0.5, 0.6) is 0 Å². The zero-order valence-corrected chi connectivity index (χ0v) is 12.2. The molecule has 1 aromatic carbocycles. The van der Waals surface area contributed by atoms with E-state index in [0.717, 1.165) is 11.3 Å². The van der Waals surface area contributed by atoms with Crippen molar-refractivity contribution in [2.45, 2.75) is 6.92 Å². The second kappa shape index (κ2) is 5.55. The van der Waals surface area contributed by atoms with Crippen molar-refractivity contribution < 1.29 is 13.9 Å². The van der Waals surface area contributed by atoms with Crippen molar-refractivity contribution in [1.29, 1.82) is 5.26 Å². The van der Waals surface area contributed by atoms with E-state index in [2.05, 4.69) is 21.2 Å². The maximum atomic E-state index is 13.7. The Bertz CT molecular complexity index is 693. The first-order valence-corrected chi connectivity index (χ1v) is 6.93. The van der Waals surface area contributed by atoms with Gasteiger partial charge in [-0.2, -0.15) is 5.26 Å². The number of nitrogens with zero attached hydrogens (tertiary/aromatic N) is 1. The molecule has 7 heteroatoms. The molecule has 0 saturated carbocycles. The highest BCUT2D eigenvalue weighted by molar-refractivity contribution is 9.10. The molecule has 0 aliphatic carbocycles. The smallest absolute Gasteiger partial charge is 0.412 e. The lowest BCUT2D eigenvalue weighted by Gasteiger charge is -2.02. The van der Waals surface area contributed by atoms with Crippen LogP contribution in [0.3, 0.4) is 0 Å². The second-order valence-corrected chi connectivity index (χ2v) is 5.37. The van der Waals surface area contributed by atoms with Crippen molar-refractivity contribution in [2.75, 3.05) is 11.9 Å². The van der Waals surface area contributed by atoms with Crippen molar-refractivity contribution >= 4 is 48.4 Å². The van der Waals surface area contributed by atoms with Gasteiger partial charge in [0.15, 0.2) is 0 Å². The molecule has 1 aromatic heterocycles. The summed E-state index contributed by atoms with van der Waals surface area (Å²) in [6, 6.07) is 4.81. The van der Waals surface area contributed by atoms with E-state index in [-0.39, 0.29) is 17.2 Å². The van der Waals surface area contributed by atoms with Crippen LogP contribution in [0.4, 0.5) is 14.2 Å². The maximum absolute atomic E-state index is 13.7. The van der Waals surface area contributed by atoms with Gasteiger partial charge in [0.25, 0.3) is 0 Å². The number of fused-ring (bicyclic) bond motifs is 1. The van der Waals surface area contributed by atoms with Crippen molar-refractivity contribution in [1.82, 2.24) is 0 Å². The lowest BCUT2D eigenvalue weighted by atomic mass is 10.2. The van der Waals surface area contributed by atoms with Gasteiger partial charge in [-0.25, -0.2) is 9.18 Å². The predicted molar refractivity (Wildman–Crippen MR) is 74.8 cm³/mol. The fourth-order valence-electron chi connectivity index (χ4n) is 1.59. The minimum atomic E-state index is -0.665. The first-order valence-electron chi connectivity index (χ1n) is 5.32. The van der Waals surface area contributed by atoms with Gasteiger partial charge in [0.05, 0.1) is 16.9 Å². The number of halogens is 2. The molecule has 0 radical (unpaired) electrons. The summed E-state index contributed by atoms with van der Waals surface area (Å²) in [7, 11) is 0. The third-order valence-corrected chi connectivity index (χ3v) is 4.12. The van der Waals surface area contributed by atoms with E-state index < -0.39 is 11.9 Å². The highest BCUT2D eigenvalue weighted by atomic mass is 79.9. The molecule has 1 amide bonds. The van der Waals surface area contributed by atoms with Crippen molar-refractivity contribution in [3.05, 3.63) is 28.0 Å². The van der Waals surface area contributed by atoms with Crippen LogP contribution in [-0.2, 0) is 4.74 Å². The summed E-state index contributed by atoms with van der Waals surface area (Å²) in [6.45, 7) is 1.89. The topological polar surface area (TPSA) is 62.1 Å². The van der Waals surface area contributed by atoms with Crippen LogP contribution in [0.2, 0.25) is 0 Å². The number of nitrogens with one attached hydrogen (secondary N) is 1. The Kier molecular flexibility index (Phi) is 4.02. The number of benzene rings is 1. The Labute approximate surface area is 120 Å². The van der Waals surface area contributed by atoms with Crippen LogP contribution in [0.25, 0.3) is 10.1 Å². The number of hydrogen-bond acceptors (Lipinski definition) is 4. The van der Waals surface area contributed by atoms with Gasteiger partial charge < -0.3 is 4.74 Å². The van der Waals surface area contributed by atoms with E-state index in [1.807, 2.05) is 6.07 Å². The molecular weight excluding hydrogens is 335 g/mol. The standard InChI is InChI=1S/C12H8BrFN2O2S/c1-2-18-12(17)16-11-6(5-15)9-7(13)3-4-8(14)10(9)19-11/h3-4H,2H2,1H3,(H,16,17). The van der Waals surface area contributed by atoms with Gasteiger partial charge in [0, 0.05) is 9.86 Å². The Hall–Kier alpha value is -1.65. The fraction of sp³-hybridized carbons (Fsp3) is 0.167. The van der Waals surface area contributed by atoms with E-state index in [0.29, 0.717) is 14.6 Å². The van der Waals surface area contributed by atoms with E-state index in [1.54, 1.807) is 6.92 Å². The second-order valence-electron chi connectivity index (χ2n) is 3.50. The molecule has 0 fully saturated rings. The molecule has 0 bridgehead atoms. The Morgan fingerprint density at radius 1 is 1.63 bits per heavy atom. The molecule has 19 heavy (non-hydrogen) atoms. The van der Waals surface area contributed by atoms with Gasteiger partial charge in [-0.05, 0) is 19.1 Å². The molecule has 0 spiro atoms. The third-order valence-electron chi connectivity index (χ3n) is 2.34. The number of thiophene rings is 1. The fourth-order valence-corrected chi connectivity index (χ4v) is 3.31. The largest absolute Gasteiger partial charge is 0.450 e. The minimum absolute atomic E-state index is 0.219. The number of hydrogen-bond donors (Lipinski definition) is 1. The molecule has 2 rings (SSSR count). The molecule has 0 aliphatic rings. The molecule has 4 nitrogen and oxygen atoms in total. The van der Waals surface area contributed by atoms with E-state index >= 15 is 0 Å². The van der Waals surface area contributed by atoms with Crippen LogP contribution in [0.1, 0.15) is 12.5 Å². The van der Waals surface area contributed by atoms with Crippen LogP contribution >= 0.6 is 27.3 Å². The van der Waals surface area contributed by atoms with Crippen molar-refractivity contribution in [3.63, 3.8) is 0 Å². The van der Waals surface area contributed by atoms with E-state index in [4.69, 9.17) is 4.74 Å². The summed E-state index contributed by atoms with van der Waals surface area (Å²) in [5.74, 6) is -0.434. The summed E-state index contributed by atoms with van der Waals surface area (Å²) in [4.78, 5) is 11.4. The number of amides is 1. The van der Waals surface area contributed by atoms with Crippen LogP contribution < -0.4 is 5.32 Å².